The van der Waals surface area contributed by atoms with Crippen LogP contribution in [0.3, 0.4) is 0 Å². The maximum atomic E-state index is 6.37. The highest BCUT2D eigenvalue weighted by Gasteiger charge is 2.20. The summed E-state index contributed by atoms with van der Waals surface area (Å²) >= 11 is 8.09. The molecule has 0 saturated heterocycles. The summed E-state index contributed by atoms with van der Waals surface area (Å²) in [4.78, 5) is 8.23. The van der Waals surface area contributed by atoms with Gasteiger partial charge in [-0.25, -0.2) is 0 Å². The first-order chi connectivity index (χ1) is 9.65. The molecule has 1 aliphatic rings. The van der Waals surface area contributed by atoms with Gasteiger partial charge in [0.1, 0.15) is 0 Å². The van der Waals surface area contributed by atoms with Gasteiger partial charge in [0, 0.05) is 24.8 Å². The van der Waals surface area contributed by atoms with Crippen LogP contribution < -0.4 is 4.90 Å². The topological polar surface area (TPSA) is 15.6 Å². The molecule has 0 saturated carbocycles. The van der Waals surface area contributed by atoms with Crippen molar-refractivity contribution in [2.24, 2.45) is 4.99 Å². The van der Waals surface area contributed by atoms with Crippen LogP contribution in [0.1, 0.15) is 16.0 Å². The van der Waals surface area contributed by atoms with Gasteiger partial charge in [0.25, 0.3) is 0 Å². The second-order valence-electron chi connectivity index (χ2n) is 5.17. The minimum absolute atomic E-state index is 0.0458. The van der Waals surface area contributed by atoms with Crippen molar-refractivity contribution in [1.82, 2.24) is 0 Å². The molecule has 0 N–H and O–H groups in total. The number of anilines is 1. The summed E-state index contributed by atoms with van der Waals surface area (Å²) < 4.78 is 0. The molecule has 1 atom stereocenters. The highest BCUT2D eigenvalue weighted by Crippen LogP contribution is 2.28. The summed E-state index contributed by atoms with van der Waals surface area (Å²) in [5, 5.41) is 2.14. The molecule has 1 aromatic carbocycles. The Balaban J connectivity index is 2.19. The van der Waals surface area contributed by atoms with Crippen molar-refractivity contribution >= 4 is 34.3 Å². The highest BCUT2D eigenvalue weighted by atomic mass is 35.5. The van der Waals surface area contributed by atoms with E-state index in [0.717, 1.165) is 12.3 Å². The van der Waals surface area contributed by atoms with E-state index in [9.17, 15) is 0 Å². The normalized spacial score (nSPS) is 19.1. The van der Waals surface area contributed by atoms with Crippen LogP contribution in [0, 0.1) is 6.92 Å². The Labute approximate surface area is 128 Å². The number of rotatable bonds is 1. The average Bonchev–Trinajstić information content (AvgIpc) is 2.91. The third-order valence-corrected chi connectivity index (χ3v) is 4.65. The summed E-state index contributed by atoms with van der Waals surface area (Å²) in [5.41, 5.74) is 4.73. The van der Waals surface area contributed by atoms with E-state index < -0.39 is 0 Å². The van der Waals surface area contributed by atoms with Gasteiger partial charge in [0.2, 0.25) is 0 Å². The molecule has 2 nitrogen and oxygen atoms in total. The van der Waals surface area contributed by atoms with Crippen LogP contribution in [0.4, 0.5) is 5.69 Å². The summed E-state index contributed by atoms with van der Waals surface area (Å²) in [5.74, 6) is 0. The molecule has 0 spiro atoms. The first kappa shape index (κ1) is 13.7. The van der Waals surface area contributed by atoms with Gasteiger partial charge >= 0.3 is 0 Å². The zero-order chi connectivity index (χ0) is 14.1. The number of hydrogen-bond acceptors (Lipinski definition) is 3. The number of benzene rings is 1. The number of thiophene rings is 1. The van der Waals surface area contributed by atoms with E-state index >= 15 is 0 Å². The lowest BCUT2D eigenvalue weighted by atomic mass is 10.0. The van der Waals surface area contributed by atoms with E-state index in [1.807, 2.05) is 0 Å². The molecular weight excluding hydrogens is 288 g/mol. The van der Waals surface area contributed by atoms with Crippen molar-refractivity contribution in [2.75, 3.05) is 25.0 Å². The van der Waals surface area contributed by atoms with Gasteiger partial charge in [-0.05, 0) is 30.5 Å². The first-order valence-corrected chi connectivity index (χ1v) is 8.01. The number of hydrogen-bond donors (Lipinski definition) is 0. The third-order valence-electron chi connectivity index (χ3n) is 3.49. The van der Waals surface area contributed by atoms with Gasteiger partial charge in [-0.2, -0.15) is 0 Å². The standard InChI is InChI=1S/C16H17ClN2S/c1-11-5-6-14-13(8-11)16(15-4-3-7-20-15)18-9-12(17)10-19(14)2/h3-8,12H,9-10H2,1-2H3. The fourth-order valence-electron chi connectivity index (χ4n) is 2.53. The number of fused-ring (bicyclic) bond motifs is 1. The molecule has 3 rings (SSSR count). The van der Waals surface area contributed by atoms with E-state index in [0.29, 0.717) is 6.54 Å². The van der Waals surface area contributed by atoms with Crippen LogP contribution in [0.2, 0.25) is 0 Å². The van der Waals surface area contributed by atoms with Crippen LogP contribution in [-0.4, -0.2) is 31.2 Å². The molecule has 20 heavy (non-hydrogen) atoms. The van der Waals surface area contributed by atoms with Crippen LogP contribution in [0.15, 0.2) is 40.7 Å². The predicted octanol–water partition coefficient (Wildman–Crippen LogP) is 3.95. The second kappa shape index (κ2) is 5.58. The lowest BCUT2D eigenvalue weighted by Crippen LogP contribution is -2.31. The molecule has 0 bridgehead atoms. The number of alkyl halides is 1. The molecule has 1 aromatic heterocycles. The second-order valence-corrected chi connectivity index (χ2v) is 6.73. The number of halogens is 1. The van der Waals surface area contributed by atoms with Crippen molar-refractivity contribution in [3.05, 3.63) is 51.7 Å². The predicted molar refractivity (Wildman–Crippen MR) is 88.9 cm³/mol. The van der Waals surface area contributed by atoms with Gasteiger partial charge in [0.05, 0.1) is 22.5 Å². The Kier molecular flexibility index (Phi) is 3.81. The maximum Gasteiger partial charge on any atom is 0.0840 e. The molecule has 1 aliphatic heterocycles. The largest absolute Gasteiger partial charge is 0.372 e. The fraction of sp³-hybridized carbons (Fsp3) is 0.312. The molecule has 2 aromatic rings. The summed E-state index contributed by atoms with van der Waals surface area (Å²) in [6.45, 7) is 3.60. The summed E-state index contributed by atoms with van der Waals surface area (Å²) in [7, 11) is 2.10. The van der Waals surface area contributed by atoms with Crippen molar-refractivity contribution in [3.8, 4) is 0 Å². The van der Waals surface area contributed by atoms with Gasteiger partial charge in [0.15, 0.2) is 0 Å². The Hall–Kier alpha value is -1.32. The maximum absolute atomic E-state index is 6.37. The summed E-state index contributed by atoms with van der Waals surface area (Å²) in [6, 6.07) is 10.7. The van der Waals surface area contributed by atoms with E-state index in [4.69, 9.17) is 16.6 Å². The SMILES string of the molecule is Cc1ccc2c(c1)C(c1cccs1)=NCC(Cl)CN2C. The molecule has 0 amide bonds. The molecule has 0 fully saturated rings. The number of aryl methyl sites for hydroxylation is 1. The monoisotopic (exact) mass is 304 g/mol. The lowest BCUT2D eigenvalue weighted by molar-refractivity contribution is 0.798. The van der Waals surface area contributed by atoms with E-state index in [-0.39, 0.29) is 5.38 Å². The molecular formula is C16H17ClN2S. The first-order valence-electron chi connectivity index (χ1n) is 6.69. The zero-order valence-corrected chi connectivity index (χ0v) is 13.2. The Morgan fingerprint density at radius 1 is 1.35 bits per heavy atom. The molecule has 104 valence electrons. The van der Waals surface area contributed by atoms with E-state index in [1.165, 1.54) is 21.7 Å². The molecule has 1 unspecified atom stereocenters. The quantitative estimate of drug-likeness (QED) is 0.728. The van der Waals surface area contributed by atoms with Crippen molar-refractivity contribution < 1.29 is 0 Å². The number of aliphatic imine (C=N–C) groups is 1. The van der Waals surface area contributed by atoms with E-state index in [2.05, 4.69) is 54.6 Å². The Morgan fingerprint density at radius 2 is 2.20 bits per heavy atom. The third kappa shape index (κ3) is 2.60. The van der Waals surface area contributed by atoms with Crippen LogP contribution in [-0.2, 0) is 0 Å². The molecule has 0 radical (unpaired) electrons. The smallest absolute Gasteiger partial charge is 0.0840 e. The van der Waals surface area contributed by atoms with Gasteiger partial charge < -0.3 is 4.90 Å². The average molecular weight is 305 g/mol. The minimum atomic E-state index is 0.0458. The van der Waals surface area contributed by atoms with Crippen molar-refractivity contribution in [1.29, 1.82) is 0 Å². The minimum Gasteiger partial charge on any atom is -0.372 e. The molecule has 2 heterocycles. The summed E-state index contributed by atoms with van der Waals surface area (Å²) in [6.07, 6.45) is 0. The molecule has 4 heteroatoms. The van der Waals surface area contributed by atoms with Crippen molar-refractivity contribution in [3.63, 3.8) is 0 Å². The van der Waals surface area contributed by atoms with Crippen molar-refractivity contribution in [2.45, 2.75) is 12.3 Å². The van der Waals surface area contributed by atoms with Gasteiger partial charge in [-0.3, -0.25) is 4.99 Å². The Bertz CT molecular complexity index is 634. The zero-order valence-electron chi connectivity index (χ0n) is 11.6. The van der Waals surface area contributed by atoms with Crippen LogP contribution in [0.25, 0.3) is 0 Å². The fourth-order valence-corrected chi connectivity index (χ4v) is 3.55. The van der Waals surface area contributed by atoms with Gasteiger partial charge in [-0.1, -0.05) is 17.7 Å². The number of nitrogens with zero attached hydrogens (tertiary/aromatic N) is 2. The van der Waals surface area contributed by atoms with Crippen LogP contribution in [0.5, 0.6) is 0 Å². The van der Waals surface area contributed by atoms with E-state index in [1.54, 1.807) is 11.3 Å². The lowest BCUT2D eigenvalue weighted by Gasteiger charge is -2.27. The van der Waals surface area contributed by atoms with Crippen LogP contribution >= 0.6 is 22.9 Å². The molecule has 0 aliphatic carbocycles. The van der Waals surface area contributed by atoms with Gasteiger partial charge in [-0.15, -0.1) is 22.9 Å². The Morgan fingerprint density at radius 3 is 2.95 bits per heavy atom. The highest BCUT2D eigenvalue weighted by molar-refractivity contribution is 7.12.